The van der Waals surface area contributed by atoms with Crippen LogP contribution in [0.5, 0.6) is 0 Å². The molecule has 9 nitrogen and oxygen atoms in total. The first-order valence-electron chi connectivity index (χ1n) is 32.1. The van der Waals surface area contributed by atoms with E-state index in [0.717, 1.165) is 109 Å². The Morgan fingerprint density at radius 1 is 0.392 bits per heavy atom. The van der Waals surface area contributed by atoms with Crippen molar-refractivity contribution in [2.24, 2.45) is 0 Å². The van der Waals surface area contributed by atoms with E-state index in [-0.39, 0.29) is 32.2 Å². The summed E-state index contributed by atoms with van der Waals surface area (Å²) in [6, 6.07) is 0. The second-order valence-electron chi connectivity index (χ2n) is 22.3. The maximum Gasteiger partial charge on any atom is 0.361 e. The van der Waals surface area contributed by atoms with Crippen LogP contribution in [-0.2, 0) is 33.3 Å². The number of allylic oxidation sites excluding steroid dienone is 18. The molecule has 0 bridgehead atoms. The SMILES string of the molecule is CC/C=C\C/C=C\C/C=C\C/C=C\C/C=C\C/C=C\C/C=C\C/C=C\C/C=C\CCCCCCCC(=O)OC(COC(=O)CCCCCCCCCCCCCCCCCCCCCCC)COC(OCC[N+](C)(C)C)C(=O)O. The molecule has 0 aromatic heterocycles. The Labute approximate surface area is 485 Å². The summed E-state index contributed by atoms with van der Waals surface area (Å²) < 4.78 is 22.9. The highest BCUT2D eigenvalue weighted by molar-refractivity contribution is 5.71. The summed E-state index contributed by atoms with van der Waals surface area (Å²) in [6.45, 7) is 4.76. The predicted octanol–water partition coefficient (Wildman–Crippen LogP) is 19.5. The van der Waals surface area contributed by atoms with E-state index in [9.17, 15) is 19.5 Å². The molecule has 0 heterocycles. The second-order valence-corrected chi connectivity index (χ2v) is 22.3. The number of hydrogen-bond acceptors (Lipinski definition) is 7. The monoisotopic (exact) mass is 1100 g/mol. The fraction of sp³-hybridized carbons (Fsp3) is 0.700. The molecule has 0 spiro atoms. The van der Waals surface area contributed by atoms with E-state index < -0.39 is 24.3 Å². The van der Waals surface area contributed by atoms with Gasteiger partial charge in [0.05, 0.1) is 34.4 Å². The number of carbonyl (C=O) groups excluding carboxylic acids is 2. The third-order valence-corrected chi connectivity index (χ3v) is 13.5. The van der Waals surface area contributed by atoms with Crippen molar-refractivity contribution in [3.8, 4) is 0 Å². The molecule has 2 unspecified atom stereocenters. The lowest BCUT2D eigenvalue weighted by molar-refractivity contribution is -0.870. The Balaban J connectivity index is 4.26. The van der Waals surface area contributed by atoms with Crippen LogP contribution in [0.1, 0.15) is 258 Å². The third-order valence-electron chi connectivity index (χ3n) is 13.5. The number of carboxylic acid groups (broad SMARTS) is 1. The number of aliphatic carboxylic acids is 1. The van der Waals surface area contributed by atoms with Crippen molar-refractivity contribution in [3.63, 3.8) is 0 Å². The molecule has 0 rings (SSSR count). The Hall–Kier alpha value is -4.05. The highest BCUT2D eigenvalue weighted by Crippen LogP contribution is 2.16. The number of quaternary nitrogens is 1. The molecule has 0 saturated heterocycles. The number of hydrogen-bond donors (Lipinski definition) is 1. The number of nitrogens with zero attached hydrogens (tertiary/aromatic N) is 1. The zero-order chi connectivity index (χ0) is 57.6. The van der Waals surface area contributed by atoms with Crippen molar-refractivity contribution in [1.29, 1.82) is 0 Å². The largest absolute Gasteiger partial charge is 0.477 e. The number of unbranched alkanes of at least 4 members (excludes halogenated alkanes) is 25. The van der Waals surface area contributed by atoms with Crippen LogP contribution in [0, 0.1) is 0 Å². The number of esters is 2. The van der Waals surface area contributed by atoms with Gasteiger partial charge in [-0.1, -0.05) is 271 Å². The average molecular weight is 1100 g/mol. The van der Waals surface area contributed by atoms with Crippen LogP contribution in [0.15, 0.2) is 109 Å². The van der Waals surface area contributed by atoms with Crippen LogP contribution < -0.4 is 0 Å². The third kappa shape index (κ3) is 61.4. The molecule has 9 heteroatoms. The molecule has 0 amide bonds. The molecule has 0 aliphatic carbocycles. The molecule has 2 atom stereocenters. The van der Waals surface area contributed by atoms with Crippen molar-refractivity contribution in [2.45, 2.75) is 270 Å². The summed E-state index contributed by atoms with van der Waals surface area (Å²) in [4.78, 5) is 37.5. The van der Waals surface area contributed by atoms with Crippen molar-refractivity contribution in [1.82, 2.24) is 0 Å². The summed E-state index contributed by atoms with van der Waals surface area (Å²) in [5, 5.41) is 9.72. The Bertz CT molecular complexity index is 1660. The van der Waals surface area contributed by atoms with Crippen molar-refractivity contribution < 1.29 is 42.9 Å². The fourth-order valence-electron chi connectivity index (χ4n) is 8.65. The van der Waals surface area contributed by atoms with Gasteiger partial charge in [-0.3, -0.25) is 9.59 Å². The maximum atomic E-state index is 12.9. The Kier molecular flexibility index (Phi) is 57.0. The molecular formula is C70H120NO8+. The minimum Gasteiger partial charge on any atom is -0.477 e. The first-order valence-corrected chi connectivity index (χ1v) is 32.1. The van der Waals surface area contributed by atoms with Gasteiger partial charge in [0.2, 0.25) is 0 Å². The zero-order valence-electron chi connectivity index (χ0n) is 51.5. The van der Waals surface area contributed by atoms with Crippen LogP contribution in [-0.4, -0.2) is 87.4 Å². The summed E-state index contributed by atoms with van der Waals surface area (Å²) in [6.07, 6.45) is 80.3. The van der Waals surface area contributed by atoms with Gasteiger partial charge in [-0.25, -0.2) is 4.79 Å². The molecule has 0 saturated carbocycles. The molecule has 79 heavy (non-hydrogen) atoms. The smallest absolute Gasteiger partial charge is 0.361 e. The minimum atomic E-state index is -1.52. The summed E-state index contributed by atoms with van der Waals surface area (Å²) in [5.74, 6) is -2.03. The van der Waals surface area contributed by atoms with Crippen LogP contribution in [0.2, 0.25) is 0 Å². The quantitative estimate of drug-likeness (QED) is 0.0211. The van der Waals surface area contributed by atoms with Crippen molar-refractivity contribution in [2.75, 3.05) is 47.5 Å². The predicted molar refractivity (Wildman–Crippen MR) is 336 cm³/mol. The first-order chi connectivity index (χ1) is 38.6. The normalized spacial score (nSPS) is 13.5. The van der Waals surface area contributed by atoms with E-state index in [2.05, 4.69) is 123 Å². The molecule has 0 aliphatic heterocycles. The van der Waals surface area contributed by atoms with Gasteiger partial charge in [-0.2, -0.15) is 0 Å². The van der Waals surface area contributed by atoms with Gasteiger partial charge in [0, 0.05) is 12.8 Å². The molecule has 0 fully saturated rings. The van der Waals surface area contributed by atoms with Crippen LogP contribution in [0.3, 0.4) is 0 Å². The van der Waals surface area contributed by atoms with Gasteiger partial charge in [-0.15, -0.1) is 0 Å². The highest BCUT2D eigenvalue weighted by Gasteiger charge is 2.25. The van der Waals surface area contributed by atoms with E-state index in [4.69, 9.17) is 18.9 Å². The first kappa shape index (κ1) is 75.0. The van der Waals surface area contributed by atoms with E-state index in [1.807, 2.05) is 21.1 Å². The standard InChI is InChI=1S/C70H119NO8/c1-6-8-10-12-14-16-18-20-22-24-26-28-29-30-31-32-33-34-35-36-37-38-39-41-43-45-47-49-51-53-55-57-59-61-68(73)79-66(65-78-70(69(74)75)76-63-62-71(3,4)5)64-77-67(72)60-58-56-54-52-50-48-46-44-42-40-27-25-23-21-19-17-15-13-11-9-7-2/h8,10,14,16,20,22,26,28,30-31,33-34,36-37,39,41,45,47,66,70H,6-7,9,11-13,15,17-19,21,23-25,27,29,32,35,38,40,42-44,46,48-65H2,1-5H3/p+1/b10-8-,16-14-,22-20-,28-26-,31-30-,34-33-,37-36-,41-39-,47-45-. The highest BCUT2D eigenvalue weighted by atomic mass is 16.7. The van der Waals surface area contributed by atoms with Gasteiger partial charge in [-0.05, 0) is 83.5 Å². The lowest BCUT2D eigenvalue weighted by Gasteiger charge is -2.25. The molecule has 1 N–H and O–H groups in total. The summed E-state index contributed by atoms with van der Waals surface area (Å²) >= 11 is 0. The van der Waals surface area contributed by atoms with Gasteiger partial charge in [0.15, 0.2) is 6.10 Å². The Morgan fingerprint density at radius 2 is 0.722 bits per heavy atom. The Morgan fingerprint density at radius 3 is 1.08 bits per heavy atom. The van der Waals surface area contributed by atoms with Crippen LogP contribution >= 0.6 is 0 Å². The number of ether oxygens (including phenoxy) is 4. The molecular weight excluding hydrogens is 983 g/mol. The minimum absolute atomic E-state index is 0.179. The number of carbonyl (C=O) groups is 3. The van der Waals surface area contributed by atoms with E-state index in [1.54, 1.807) is 0 Å². The van der Waals surface area contributed by atoms with Gasteiger partial charge < -0.3 is 28.5 Å². The van der Waals surface area contributed by atoms with Crippen LogP contribution in [0.4, 0.5) is 0 Å². The molecule has 0 radical (unpaired) electrons. The second kappa shape index (κ2) is 60.1. The van der Waals surface area contributed by atoms with Crippen molar-refractivity contribution in [3.05, 3.63) is 109 Å². The van der Waals surface area contributed by atoms with E-state index in [0.29, 0.717) is 23.9 Å². The fourth-order valence-corrected chi connectivity index (χ4v) is 8.65. The molecule has 0 aromatic carbocycles. The van der Waals surface area contributed by atoms with Gasteiger partial charge in [0.1, 0.15) is 13.2 Å². The number of likely N-dealkylation sites (N-methyl/N-ethyl adjacent to an activating group) is 1. The topological polar surface area (TPSA) is 108 Å². The molecule has 0 aliphatic rings. The maximum absolute atomic E-state index is 12.9. The van der Waals surface area contributed by atoms with Gasteiger partial charge >= 0.3 is 17.9 Å². The zero-order valence-corrected chi connectivity index (χ0v) is 51.5. The van der Waals surface area contributed by atoms with Crippen molar-refractivity contribution >= 4 is 17.9 Å². The van der Waals surface area contributed by atoms with E-state index >= 15 is 0 Å². The lowest BCUT2D eigenvalue weighted by atomic mass is 10.0. The summed E-state index contributed by atoms with van der Waals surface area (Å²) in [5.41, 5.74) is 0. The lowest BCUT2D eigenvalue weighted by Crippen LogP contribution is -2.40. The average Bonchev–Trinajstić information content (AvgIpc) is 3.42. The van der Waals surface area contributed by atoms with Crippen LogP contribution in [0.25, 0.3) is 0 Å². The van der Waals surface area contributed by atoms with E-state index in [1.165, 1.54) is 116 Å². The number of carboxylic acids is 1. The number of rotatable bonds is 58. The summed E-state index contributed by atoms with van der Waals surface area (Å²) in [7, 11) is 5.96. The molecule has 0 aromatic rings. The van der Waals surface area contributed by atoms with Gasteiger partial charge in [0.25, 0.3) is 6.29 Å². The molecule has 452 valence electrons.